The zero-order valence-corrected chi connectivity index (χ0v) is 15.9. The number of hydroxylamine groups is 2. The van der Waals surface area contributed by atoms with Gasteiger partial charge >= 0.3 is 22.6 Å². The third-order valence-electron chi connectivity index (χ3n) is 4.19. The van der Waals surface area contributed by atoms with Crippen molar-refractivity contribution in [3.8, 4) is 17.4 Å². The van der Waals surface area contributed by atoms with E-state index in [-0.39, 0.29) is 11.4 Å². The summed E-state index contributed by atoms with van der Waals surface area (Å²) in [6, 6.07) is -0.676. The van der Waals surface area contributed by atoms with Crippen molar-refractivity contribution in [2.45, 2.75) is 24.8 Å². The first kappa shape index (κ1) is 20.2. The molecule has 0 saturated heterocycles. The lowest BCUT2D eigenvalue weighted by Gasteiger charge is -2.12. The summed E-state index contributed by atoms with van der Waals surface area (Å²) in [6.45, 7) is 0. The zero-order chi connectivity index (χ0) is 20.6. The van der Waals surface area contributed by atoms with Crippen LogP contribution in [0.5, 0.6) is 6.01 Å². The molecule has 3 rings (SSSR count). The van der Waals surface area contributed by atoms with Crippen molar-refractivity contribution in [3.05, 3.63) is 23.0 Å². The summed E-state index contributed by atoms with van der Waals surface area (Å²) in [5.41, 5.74) is -2.90. The van der Waals surface area contributed by atoms with E-state index in [1.807, 2.05) is 0 Å². The molecule has 0 bridgehead atoms. The first-order valence-corrected chi connectivity index (χ1v) is 9.12. The van der Waals surface area contributed by atoms with Gasteiger partial charge in [-0.25, -0.2) is 14.3 Å². The van der Waals surface area contributed by atoms with Crippen LogP contribution >= 0.6 is 0 Å². The third kappa shape index (κ3) is 3.71. The lowest BCUT2D eigenvalue weighted by atomic mass is 10.1. The number of halogens is 3. The Morgan fingerprint density at radius 1 is 1.36 bits per heavy atom. The number of amides is 1. The van der Waals surface area contributed by atoms with Crippen LogP contribution < -0.4 is 4.18 Å². The maximum absolute atomic E-state index is 12.5. The van der Waals surface area contributed by atoms with Crippen molar-refractivity contribution in [2.75, 3.05) is 14.2 Å². The zero-order valence-electron chi connectivity index (χ0n) is 15.1. The van der Waals surface area contributed by atoms with Crippen molar-refractivity contribution in [1.82, 2.24) is 24.8 Å². The lowest BCUT2D eigenvalue weighted by molar-refractivity contribution is -0.0761. The van der Waals surface area contributed by atoms with Crippen LogP contribution in [0.15, 0.2) is 6.20 Å². The molecule has 1 amide bonds. The van der Waals surface area contributed by atoms with Gasteiger partial charge in [0, 0.05) is 25.9 Å². The quantitative estimate of drug-likeness (QED) is 0.694. The van der Waals surface area contributed by atoms with Gasteiger partial charge in [-0.3, -0.25) is 14.3 Å². The van der Waals surface area contributed by atoms with Crippen LogP contribution in [0.2, 0.25) is 0 Å². The molecule has 0 aliphatic heterocycles. The predicted octanol–water partition coefficient (Wildman–Crippen LogP) is 1.56. The molecule has 9 nitrogen and oxygen atoms in total. The van der Waals surface area contributed by atoms with Crippen molar-refractivity contribution in [2.24, 2.45) is 7.05 Å². The molecule has 1 unspecified atom stereocenters. The van der Waals surface area contributed by atoms with Gasteiger partial charge in [0.15, 0.2) is 5.69 Å². The van der Waals surface area contributed by atoms with Gasteiger partial charge in [-0.1, -0.05) is 0 Å². The molecule has 0 aromatic carbocycles. The highest BCUT2D eigenvalue weighted by molar-refractivity contribution is 7.81. The molecular formula is C15H16F3N5O4S. The van der Waals surface area contributed by atoms with Crippen molar-refractivity contribution in [1.29, 1.82) is 0 Å². The smallest absolute Gasteiger partial charge is 0.355 e. The largest absolute Gasteiger partial charge is 0.508 e. The Morgan fingerprint density at radius 3 is 2.71 bits per heavy atom. The molecule has 1 atom stereocenters. The number of aromatic nitrogens is 4. The molecule has 1 aliphatic carbocycles. The van der Waals surface area contributed by atoms with Crippen molar-refractivity contribution < 1.29 is 31.2 Å². The average Bonchev–Trinajstić information content (AvgIpc) is 2.84. The molecule has 2 aromatic heterocycles. The Labute approximate surface area is 160 Å². The van der Waals surface area contributed by atoms with Gasteiger partial charge in [0.2, 0.25) is 0 Å². The van der Waals surface area contributed by atoms with E-state index < -0.39 is 28.5 Å². The molecule has 1 aliphatic rings. The van der Waals surface area contributed by atoms with Crippen LogP contribution in [0, 0.1) is 0 Å². The molecule has 0 fully saturated rings. The molecular weight excluding hydrogens is 403 g/mol. The SMILES string of the molecule is CON(C)C(=O)c1nn(C)c2c1CCCc1cnc(OS(=O)C(F)(F)F)nc1-2. The van der Waals surface area contributed by atoms with Crippen LogP contribution in [0.25, 0.3) is 11.4 Å². The summed E-state index contributed by atoms with van der Waals surface area (Å²) in [7, 11) is 4.37. The second kappa shape index (κ2) is 7.47. The molecule has 0 N–H and O–H groups in total. The minimum Gasteiger partial charge on any atom is -0.355 e. The summed E-state index contributed by atoms with van der Waals surface area (Å²) < 4.78 is 54.4. The molecule has 0 spiro atoms. The van der Waals surface area contributed by atoms with E-state index in [1.54, 1.807) is 7.05 Å². The summed E-state index contributed by atoms with van der Waals surface area (Å²) in [4.78, 5) is 25.2. The lowest BCUT2D eigenvalue weighted by Crippen LogP contribution is -2.26. The van der Waals surface area contributed by atoms with E-state index >= 15 is 0 Å². The second-order valence-corrected chi connectivity index (χ2v) is 7.03. The van der Waals surface area contributed by atoms with Gasteiger partial charge in [-0.05, 0) is 24.8 Å². The number of rotatable bonds is 4. The Hall–Kier alpha value is -2.54. The number of alkyl halides is 3. The highest BCUT2D eigenvalue weighted by atomic mass is 32.2. The van der Waals surface area contributed by atoms with Crippen LogP contribution in [0.1, 0.15) is 28.0 Å². The number of aryl methyl sites for hydroxylation is 2. The molecule has 0 saturated carbocycles. The van der Waals surface area contributed by atoms with Crippen LogP contribution in [-0.4, -0.2) is 54.6 Å². The van der Waals surface area contributed by atoms with Gasteiger partial charge in [0.05, 0.1) is 18.5 Å². The van der Waals surface area contributed by atoms with Crippen LogP contribution in [0.4, 0.5) is 13.2 Å². The highest BCUT2D eigenvalue weighted by Crippen LogP contribution is 2.34. The summed E-state index contributed by atoms with van der Waals surface area (Å²) in [6.07, 6.45) is 3.03. The van der Waals surface area contributed by atoms with Gasteiger partial charge in [-0.15, -0.1) is 0 Å². The van der Waals surface area contributed by atoms with E-state index in [4.69, 9.17) is 4.84 Å². The topological polar surface area (TPSA) is 99.4 Å². The Balaban J connectivity index is 2.07. The maximum atomic E-state index is 12.5. The van der Waals surface area contributed by atoms with E-state index in [0.717, 1.165) is 5.06 Å². The van der Waals surface area contributed by atoms with Crippen LogP contribution in [0.3, 0.4) is 0 Å². The molecule has 152 valence electrons. The van der Waals surface area contributed by atoms with Crippen molar-refractivity contribution >= 4 is 17.0 Å². The van der Waals surface area contributed by atoms with E-state index in [9.17, 15) is 22.2 Å². The van der Waals surface area contributed by atoms with Gasteiger partial charge in [-0.2, -0.15) is 23.3 Å². The van der Waals surface area contributed by atoms with Gasteiger partial charge in [0.1, 0.15) is 0 Å². The Bertz CT molecular complexity index is 946. The average molecular weight is 419 g/mol. The number of nitrogens with zero attached hydrogens (tertiary/aromatic N) is 5. The van der Waals surface area contributed by atoms with Gasteiger partial charge in [0.25, 0.3) is 5.91 Å². The molecule has 28 heavy (non-hydrogen) atoms. The minimum absolute atomic E-state index is 0.162. The summed E-state index contributed by atoms with van der Waals surface area (Å²) in [5.74, 6) is -0.466. The maximum Gasteiger partial charge on any atom is 0.508 e. The summed E-state index contributed by atoms with van der Waals surface area (Å²) >= 11 is -3.59. The monoisotopic (exact) mass is 419 g/mol. The number of carbonyl (C=O) groups is 1. The fraction of sp³-hybridized carbons (Fsp3) is 0.467. The highest BCUT2D eigenvalue weighted by Gasteiger charge is 2.41. The Morgan fingerprint density at radius 2 is 2.07 bits per heavy atom. The predicted molar refractivity (Wildman–Crippen MR) is 90.2 cm³/mol. The normalized spacial score (nSPS) is 14.6. The third-order valence-corrected chi connectivity index (χ3v) is 4.86. The number of fused-ring (bicyclic) bond motifs is 3. The first-order valence-electron chi connectivity index (χ1n) is 8.04. The number of hydrogen-bond donors (Lipinski definition) is 0. The van der Waals surface area contributed by atoms with Gasteiger partial charge < -0.3 is 4.18 Å². The number of hydrogen-bond acceptors (Lipinski definition) is 7. The van der Waals surface area contributed by atoms with E-state index in [0.29, 0.717) is 36.1 Å². The first-order chi connectivity index (χ1) is 13.1. The summed E-state index contributed by atoms with van der Waals surface area (Å²) in [5, 5.41) is 5.26. The molecule has 13 heteroatoms. The number of carbonyl (C=O) groups excluding carboxylic acids is 1. The standard InChI is InChI=1S/C15H16F3N5O4S/c1-22-12-9(11(21-22)13(24)23(2)26-3)6-4-5-8-7-19-14(20-10(8)12)27-28(25)15(16,17)18/h7H,4-6H2,1-3H3. The van der Waals surface area contributed by atoms with Crippen LogP contribution in [-0.2, 0) is 35.8 Å². The molecule has 0 radical (unpaired) electrons. The van der Waals surface area contributed by atoms with Crippen molar-refractivity contribution in [3.63, 3.8) is 0 Å². The second-order valence-electron chi connectivity index (χ2n) is 5.93. The minimum atomic E-state index is -5.06. The van der Waals surface area contributed by atoms with E-state index in [2.05, 4.69) is 19.2 Å². The van der Waals surface area contributed by atoms with E-state index in [1.165, 1.54) is 25.0 Å². The fourth-order valence-electron chi connectivity index (χ4n) is 2.89. The Kier molecular flexibility index (Phi) is 5.39. The molecule has 2 aromatic rings. The fourth-order valence-corrected chi connectivity index (χ4v) is 3.20. The molecule has 2 heterocycles.